The monoisotopic (exact) mass is 379 g/mol. The number of fused-ring (bicyclic) bond motifs is 1. The molecule has 0 aromatic heterocycles. The first-order valence-corrected chi connectivity index (χ1v) is 10.0. The molecule has 1 fully saturated rings. The highest BCUT2D eigenvalue weighted by Crippen LogP contribution is 2.31. The van der Waals surface area contributed by atoms with Crippen LogP contribution in [0.2, 0.25) is 0 Å². The highest BCUT2D eigenvalue weighted by atomic mass is 16.6. The lowest BCUT2D eigenvalue weighted by Crippen LogP contribution is -3.08. The maximum absolute atomic E-state index is 12.1. The fraction of sp³-hybridized carbons (Fsp3) is 0.348. The fourth-order valence-electron chi connectivity index (χ4n) is 3.70. The van der Waals surface area contributed by atoms with Crippen LogP contribution >= 0.6 is 0 Å². The molecule has 5 heteroatoms. The van der Waals surface area contributed by atoms with E-state index in [-0.39, 0.29) is 5.91 Å². The molecule has 0 unspecified atom stereocenters. The number of rotatable bonds is 6. The summed E-state index contributed by atoms with van der Waals surface area (Å²) in [6.45, 7) is 5.33. The van der Waals surface area contributed by atoms with E-state index >= 15 is 0 Å². The van der Waals surface area contributed by atoms with E-state index in [1.165, 1.54) is 31.5 Å². The molecule has 0 aliphatic carbocycles. The van der Waals surface area contributed by atoms with E-state index < -0.39 is 0 Å². The van der Waals surface area contributed by atoms with Crippen LogP contribution in [0.25, 0.3) is 6.08 Å². The van der Waals surface area contributed by atoms with Gasteiger partial charge < -0.3 is 19.7 Å². The summed E-state index contributed by atoms with van der Waals surface area (Å²) in [6, 6.07) is 14.2. The zero-order valence-corrected chi connectivity index (χ0v) is 16.1. The number of hydrogen-bond donors (Lipinski definition) is 2. The Morgan fingerprint density at radius 1 is 0.964 bits per heavy atom. The quantitative estimate of drug-likeness (QED) is 0.755. The van der Waals surface area contributed by atoms with E-state index in [0.29, 0.717) is 19.8 Å². The highest BCUT2D eigenvalue weighted by Gasteiger charge is 2.15. The second kappa shape index (κ2) is 8.93. The first-order chi connectivity index (χ1) is 13.8. The van der Waals surface area contributed by atoms with Crippen LogP contribution in [0.15, 0.2) is 48.5 Å². The summed E-state index contributed by atoms with van der Waals surface area (Å²) in [5.41, 5.74) is 3.39. The smallest absolute Gasteiger partial charge is 0.244 e. The fourth-order valence-corrected chi connectivity index (χ4v) is 3.70. The summed E-state index contributed by atoms with van der Waals surface area (Å²) >= 11 is 0. The van der Waals surface area contributed by atoms with Crippen molar-refractivity contribution in [2.24, 2.45) is 0 Å². The molecule has 2 N–H and O–H groups in total. The number of ether oxygens (including phenoxy) is 2. The Labute approximate surface area is 165 Å². The van der Waals surface area contributed by atoms with Gasteiger partial charge in [-0.05, 0) is 29.3 Å². The van der Waals surface area contributed by atoms with Gasteiger partial charge in [-0.1, -0.05) is 30.3 Å². The zero-order chi connectivity index (χ0) is 19.2. The molecule has 5 nitrogen and oxygen atoms in total. The Morgan fingerprint density at radius 3 is 2.46 bits per heavy atom. The number of likely N-dealkylation sites (tertiary alicyclic amines) is 1. The molecule has 146 valence electrons. The van der Waals surface area contributed by atoms with Gasteiger partial charge in [0.1, 0.15) is 19.8 Å². The van der Waals surface area contributed by atoms with Gasteiger partial charge in [0.25, 0.3) is 0 Å². The molecular weight excluding hydrogens is 352 g/mol. The molecule has 2 aliphatic heterocycles. The van der Waals surface area contributed by atoms with Crippen LogP contribution in [0.4, 0.5) is 0 Å². The summed E-state index contributed by atoms with van der Waals surface area (Å²) in [4.78, 5) is 13.8. The van der Waals surface area contributed by atoms with Crippen LogP contribution in [0.1, 0.15) is 29.5 Å². The second-order valence-corrected chi connectivity index (χ2v) is 7.40. The Balaban J connectivity index is 1.26. The Hall–Kier alpha value is -2.79. The lowest BCUT2D eigenvalue weighted by atomic mass is 10.1. The summed E-state index contributed by atoms with van der Waals surface area (Å²) in [6.07, 6.45) is 6.03. The van der Waals surface area contributed by atoms with Crippen molar-refractivity contribution < 1.29 is 19.2 Å². The lowest BCUT2D eigenvalue weighted by Gasteiger charge is -2.18. The minimum absolute atomic E-state index is 0.111. The Kier molecular flexibility index (Phi) is 5.92. The molecule has 28 heavy (non-hydrogen) atoms. The number of quaternary nitrogens is 1. The molecule has 0 saturated carbocycles. The molecule has 2 aromatic carbocycles. The molecular formula is C23H27N2O3+. The van der Waals surface area contributed by atoms with Crippen LogP contribution in [-0.2, 0) is 17.9 Å². The number of nitrogens with one attached hydrogen (secondary N) is 2. The number of amides is 1. The van der Waals surface area contributed by atoms with Gasteiger partial charge in [0.05, 0.1) is 13.1 Å². The van der Waals surface area contributed by atoms with E-state index in [4.69, 9.17) is 9.47 Å². The Morgan fingerprint density at radius 2 is 1.68 bits per heavy atom. The van der Waals surface area contributed by atoms with Crippen LogP contribution in [0.3, 0.4) is 0 Å². The van der Waals surface area contributed by atoms with E-state index in [1.54, 1.807) is 17.1 Å². The predicted octanol–water partition coefficient (Wildman–Crippen LogP) is 1.97. The average molecular weight is 379 g/mol. The number of hydrogen-bond acceptors (Lipinski definition) is 3. The maximum atomic E-state index is 12.1. The predicted molar refractivity (Wildman–Crippen MR) is 108 cm³/mol. The normalized spacial score (nSPS) is 16.4. The summed E-state index contributed by atoms with van der Waals surface area (Å²) in [7, 11) is 0. The van der Waals surface area contributed by atoms with Crippen LogP contribution in [0, 0.1) is 0 Å². The SMILES string of the molecule is O=C(/C=C/c1ccc2c(c1)OCCO2)NCc1ccc(C[NH+]2CCCC2)cc1. The third kappa shape index (κ3) is 4.93. The van der Waals surface area contributed by atoms with Crippen molar-refractivity contribution >= 4 is 12.0 Å². The van der Waals surface area contributed by atoms with Crippen LogP contribution in [0.5, 0.6) is 11.5 Å². The minimum atomic E-state index is -0.111. The molecule has 0 radical (unpaired) electrons. The van der Waals surface area contributed by atoms with Gasteiger partial charge in [0, 0.05) is 31.0 Å². The van der Waals surface area contributed by atoms with Crippen molar-refractivity contribution in [2.45, 2.75) is 25.9 Å². The first kappa shape index (κ1) is 18.6. The molecule has 1 saturated heterocycles. The molecule has 0 spiro atoms. The van der Waals surface area contributed by atoms with E-state index in [0.717, 1.165) is 29.2 Å². The summed E-state index contributed by atoms with van der Waals surface area (Å²) in [5.74, 6) is 1.37. The van der Waals surface area contributed by atoms with Crippen LogP contribution in [-0.4, -0.2) is 32.2 Å². The van der Waals surface area contributed by atoms with Crippen molar-refractivity contribution in [3.8, 4) is 11.5 Å². The van der Waals surface area contributed by atoms with Crippen molar-refractivity contribution in [3.05, 3.63) is 65.2 Å². The van der Waals surface area contributed by atoms with Gasteiger partial charge in [-0.3, -0.25) is 4.79 Å². The van der Waals surface area contributed by atoms with Gasteiger partial charge in [-0.15, -0.1) is 0 Å². The first-order valence-electron chi connectivity index (χ1n) is 10.0. The average Bonchev–Trinajstić information content (AvgIpc) is 3.24. The minimum Gasteiger partial charge on any atom is -0.486 e. The van der Waals surface area contributed by atoms with Gasteiger partial charge in [-0.25, -0.2) is 0 Å². The van der Waals surface area contributed by atoms with Crippen LogP contribution < -0.4 is 19.7 Å². The molecule has 2 aromatic rings. The van der Waals surface area contributed by atoms with Crippen molar-refractivity contribution in [2.75, 3.05) is 26.3 Å². The highest BCUT2D eigenvalue weighted by molar-refractivity contribution is 5.91. The molecule has 2 aliphatic rings. The zero-order valence-electron chi connectivity index (χ0n) is 16.1. The Bertz CT molecular complexity index is 839. The number of carbonyl (C=O) groups excluding carboxylic acids is 1. The summed E-state index contributed by atoms with van der Waals surface area (Å²) in [5, 5.41) is 2.94. The van der Waals surface area contributed by atoms with E-state index in [1.807, 2.05) is 18.2 Å². The van der Waals surface area contributed by atoms with Crippen molar-refractivity contribution in [1.82, 2.24) is 5.32 Å². The molecule has 2 heterocycles. The van der Waals surface area contributed by atoms with E-state index in [2.05, 4.69) is 29.6 Å². The molecule has 0 atom stereocenters. The topological polar surface area (TPSA) is 52.0 Å². The molecule has 0 bridgehead atoms. The van der Waals surface area contributed by atoms with Crippen molar-refractivity contribution in [1.29, 1.82) is 0 Å². The number of carbonyl (C=O) groups is 1. The molecule has 4 rings (SSSR count). The third-order valence-corrected chi connectivity index (χ3v) is 5.25. The van der Waals surface area contributed by atoms with Gasteiger partial charge >= 0.3 is 0 Å². The second-order valence-electron chi connectivity index (χ2n) is 7.40. The standard InChI is InChI=1S/C23H26N2O3/c26-23(10-8-18-7-9-21-22(15-18)28-14-13-27-21)24-16-19-3-5-20(6-4-19)17-25-11-1-2-12-25/h3-10,15H,1-2,11-14,16-17H2,(H,24,26)/p+1/b10-8+. The summed E-state index contributed by atoms with van der Waals surface area (Å²) < 4.78 is 11.1. The number of benzene rings is 2. The lowest BCUT2D eigenvalue weighted by molar-refractivity contribution is -0.901. The third-order valence-electron chi connectivity index (χ3n) is 5.25. The molecule has 1 amide bonds. The maximum Gasteiger partial charge on any atom is 0.244 e. The van der Waals surface area contributed by atoms with Crippen molar-refractivity contribution in [3.63, 3.8) is 0 Å². The van der Waals surface area contributed by atoms with E-state index in [9.17, 15) is 4.79 Å². The van der Waals surface area contributed by atoms with Gasteiger partial charge in [0.2, 0.25) is 5.91 Å². The largest absolute Gasteiger partial charge is 0.486 e. The van der Waals surface area contributed by atoms with Gasteiger partial charge in [0.15, 0.2) is 11.5 Å². The van der Waals surface area contributed by atoms with Gasteiger partial charge in [-0.2, -0.15) is 0 Å².